The van der Waals surface area contributed by atoms with E-state index in [9.17, 15) is 4.79 Å². The molecular weight excluding hydrogens is 178 g/mol. The van der Waals surface area contributed by atoms with Crippen LogP contribution >= 0.6 is 0 Å². The molecule has 0 saturated carbocycles. The van der Waals surface area contributed by atoms with Gasteiger partial charge in [0.15, 0.2) is 0 Å². The van der Waals surface area contributed by atoms with Crippen LogP contribution in [0.25, 0.3) is 0 Å². The number of rotatable bonds is 2. The number of allylic oxidation sites excluding steroid dienone is 1. The summed E-state index contributed by atoms with van der Waals surface area (Å²) in [6.45, 7) is 2.32. The summed E-state index contributed by atoms with van der Waals surface area (Å²) in [6, 6.07) is -0.0990. The Morgan fingerprint density at radius 1 is 1.50 bits per heavy atom. The van der Waals surface area contributed by atoms with Crippen molar-refractivity contribution in [2.24, 2.45) is 0 Å². The van der Waals surface area contributed by atoms with Crippen LogP contribution in [0.3, 0.4) is 0 Å². The monoisotopic (exact) mass is 195 g/mol. The first-order chi connectivity index (χ1) is 6.81. The van der Waals surface area contributed by atoms with Gasteiger partial charge in [-0.1, -0.05) is 0 Å². The van der Waals surface area contributed by atoms with E-state index in [4.69, 9.17) is 4.74 Å². The maximum Gasteiger partial charge on any atom is 0.328 e. The summed E-state index contributed by atoms with van der Waals surface area (Å²) in [7, 11) is 0. The average molecular weight is 195 g/mol. The first kappa shape index (κ1) is 9.56. The summed E-state index contributed by atoms with van der Waals surface area (Å²) >= 11 is 0. The van der Waals surface area contributed by atoms with Crippen molar-refractivity contribution >= 4 is 5.97 Å². The number of hydrogen-bond donors (Lipinski definition) is 1. The predicted molar refractivity (Wildman–Crippen MR) is 53.7 cm³/mol. The lowest BCUT2D eigenvalue weighted by Crippen LogP contribution is -2.33. The van der Waals surface area contributed by atoms with Crippen molar-refractivity contribution in [2.45, 2.75) is 45.1 Å². The van der Waals surface area contributed by atoms with Gasteiger partial charge in [0.25, 0.3) is 0 Å². The van der Waals surface area contributed by atoms with E-state index in [1.165, 1.54) is 24.1 Å². The zero-order valence-corrected chi connectivity index (χ0v) is 8.64. The highest BCUT2D eigenvalue weighted by Gasteiger charge is 2.30. The fourth-order valence-electron chi connectivity index (χ4n) is 2.26. The van der Waals surface area contributed by atoms with Gasteiger partial charge in [-0.25, -0.2) is 4.79 Å². The van der Waals surface area contributed by atoms with E-state index in [1.807, 2.05) is 6.92 Å². The molecule has 3 heteroatoms. The second-order valence-electron chi connectivity index (χ2n) is 3.94. The molecule has 0 aromatic carbocycles. The SMILES string of the molecule is CCOC(=O)C1CC2=C(CCCC2)N1. The van der Waals surface area contributed by atoms with E-state index < -0.39 is 0 Å². The van der Waals surface area contributed by atoms with Gasteiger partial charge in [-0.3, -0.25) is 0 Å². The van der Waals surface area contributed by atoms with E-state index >= 15 is 0 Å². The van der Waals surface area contributed by atoms with Crippen LogP contribution in [0.4, 0.5) is 0 Å². The molecule has 78 valence electrons. The average Bonchev–Trinajstić information content (AvgIpc) is 2.61. The molecule has 1 aliphatic carbocycles. The maximum absolute atomic E-state index is 11.5. The molecule has 0 saturated heterocycles. The lowest BCUT2D eigenvalue weighted by atomic mass is 9.96. The molecule has 1 heterocycles. The molecule has 1 N–H and O–H groups in total. The van der Waals surface area contributed by atoms with Crippen molar-refractivity contribution in [3.05, 3.63) is 11.3 Å². The number of ether oxygens (including phenoxy) is 1. The number of nitrogens with one attached hydrogen (secondary N) is 1. The van der Waals surface area contributed by atoms with Crippen LogP contribution in [0.1, 0.15) is 39.0 Å². The van der Waals surface area contributed by atoms with Crippen LogP contribution in [-0.2, 0) is 9.53 Å². The summed E-state index contributed by atoms with van der Waals surface area (Å²) < 4.78 is 5.00. The zero-order valence-electron chi connectivity index (χ0n) is 8.64. The lowest BCUT2D eigenvalue weighted by molar-refractivity contribution is -0.145. The van der Waals surface area contributed by atoms with Crippen LogP contribution in [0.5, 0.6) is 0 Å². The molecule has 0 aromatic heterocycles. The van der Waals surface area contributed by atoms with E-state index in [1.54, 1.807) is 0 Å². The molecule has 0 radical (unpaired) electrons. The minimum absolute atomic E-state index is 0.0955. The Kier molecular flexibility index (Phi) is 2.75. The fraction of sp³-hybridized carbons (Fsp3) is 0.727. The van der Waals surface area contributed by atoms with Crippen molar-refractivity contribution in [1.29, 1.82) is 0 Å². The summed E-state index contributed by atoms with van der Waals surface area (Å²) in [4.78, 5) is 11.5. The van der Waals surface area contributed by atoms with E-state index in [-0.39, 0.29) is 12.0 Å². The smallest absolute Gasteiger partial charge is 0.328 e. The Morgan fingerprint density at radius 2 is 2.29 bits per heavy atom. The molecule has 0 bridgehead atoms. The van der Waals surface area contributed by atoms with Crippen LogP contribution in [0.15, 0.2) is 11.3 Å². The quantitative estimate of drug-likeness (QED) is 0.682. The fourth-order valence-corrected chi connectivity index (χ4v) is 2.26. The number of esters is 1. The second kappa shape index (κ2) is 4.03. The maximum atomic E-state index is 11.5. The molecule has 1 aliphatic heterocycles. The highest BCUT2D eigenvalue weighted by molar-refractivity contribution is 5.77. The molecule has 14 heavy (non-hydrogen) atoms. The minimum atomic E-state index is -0.0990. The van der Waals surface area contributed by atoms with Crippen molar-refractivity contribution < 1.29 is 9.53 Å². The van der Waals surface area contributed by atoms with Crippen molar-refractivity contribution in [1.82, 2.24) is 5.32 Å². The highest BCUT2D eigenvalue weighted by atomic mass is 16.5. The summed E-state index contributed by atoms with van der Waals surface area (Å²) in [6.07, 6.45) is 5.68. The minimum Gasteiger partial charge on any atom is -0.464 e. The zero-order chi connectivity index (χ0) is 9.97. The Morgan fingerprint density at radius 3 is 3.00 bits per heavy atom. The first-order valence-electron chi connectivity index (χ1n) is 5.45. The summed E-state index contributed by atoms with van der Waals surface area (Å²) in [5.74, 6) is -0.0955. The van der Waals surface area contributed by atoms with Crippen LogP contribution in [-0.4, -0.2) is 18.6 Å². The van der Waals surface area contributed by atoms with Crippen molar-refractivity contribution in [2.75, 3.05) is 6.61 Å². The molecular formula is C11H17NO2. The molecule has 0 fully saturated rings. The predicted octanol–water partition coefficient (Wildman–Crippen LogP) is 1.74. The van der Waals surface area contributed by atoms with Crippen LogP contribution in [0.2, 0.25) is 0 Å². The third-order valence-corrected chi connectivity index (χ3v) is 2.95. The number of carbonyl (C=O) groups is 1. The van der Waals surface area contributed by atoms with E-state index in [0.717, 1.165) is 19.3 Å². The van der Waals surface area contributed by atoms with Crippen LogP contribution in [0, 0.1) is 0 Å². The van der Waals surface area contributed by atoms with Gasteiger partial charge in [-0.15, -0.1) is 0 Å². The molecule has 1 atom stereocenters. The van der Waals surface area contributed by atoms with Crippen LogP contribution < -0.4 is 5.32 Å². The molecule has 0 aromatic rings. The van der Waals surface area contributed by atoms with Gasteiger partial charge in [0, 0.05) is 12.1 Å². The molecule has 0 amide bonds. The number of carbonyl (C=O) groups excluding carboxylic acids is 1. The number of hydrogen-bond acceptors (Lipinski definition) is 3. The Hall–Kier alpha value is -0.990. The summed E-state index contributed by atoms with van der Waals surface area (Å²) in [5.41, 5.74) is 2.77. The summed E-state index contributed by atoms with van der Waals surface area (Å²) in [5, 5.41) is 3.28. The molecule has 0 spiro atoms. The normalized spacial score (nSPS) is 25.6. The second-order valence-corrected chi connectivity index (χ2v) is 3.94. The standard InChI is InChI=1S/C11H17NO2/c1-2-14-11(13)10-7-8-5-3-4-6-9(8)12-10/h10,12H,2-7H2,1H3. The molecule has 1 unspecified atom stereocenters. The van der Waals surface area contributed by atoms with Gasteiger partial charge in [0.2, 0.25) is 0 Å². The Balaban J connectivity index is 1.94. The van der Waals surface area contributed by atoms with Gasteiger partial charge in [0.05, 0.1) is 6.61 Å². The third-order valence-electron chi connectivity index (χ3n) is 2.95. The van der Waals surface area contributed by atoms with Gasteiger partial charge in [0.1, 0.15) is 6.04 Å². The van der Waals surface area contributed by atoms with Crippen molar-refractivity contribution in [3.63, 3.8) is 0 Å². The van der Waals surface area contributed by atoms with E-state index in [2.05, 4.69) is 5.32 Å². The van der Waals surface area contributed by atoms with Gasteiger partial charge < -0.3 is 10.1 Å². The first-order valence-corrected chi connectivity index (χ1v) is 5.45. The Labute approximate surface area is 84.5 Å². The lowest BCUT2D eigenvalue weighted by Gasteiger charge is -2.13. The molecule has 2 rings (SSSR count). The Bertz CT molecular complexity index is 252. The largest absolute Gasteiger partial charge is 0.464 e. The van der Waals surface area contributed by atoms with Gasteiger partial charge >= 0.3 is 5.97 Å². The topological polar surface area (TPSA) is 38.3 Å². The molecule has 2 aliphatic rings. The molecule has 3 nitrogen and oxygen atoms in total. The third kappa shape index (κ3) is 1.76. The highest BCUT2D eigenvalue weighted by Crippen LogP contribution is 2.31. The van der Waals surface area contributed by atoms with E-state index in [0.29, 0.717) is 6.61 Å². The van der Waals surface area contributed by atoms with Gasteiger partial charge in [-0.2, -0.15) is 0 Å². The van der Waals surface area contributed by atoms with Gasteiger partial charge in [-0.05, 0) is 38.2 Å². The van der Waals surface area contributed by atoms with Crippen molar-refractivity contribution in [3.8, 4) is 0 Å².